The first-order valence-corrected chi connectivity index (χ1v) is 7.88. The van der Waals surface area contributed by atoms with Crippen molar-refractivity contribution in [1.82, 2.24) is 5.32 Å². The summed E-state index contributed by atoms with van der Waals surface area (Å²) >= 11 is 3.38. The van der Waals surface area contributed by atoms with E-state index >= 15 is 0 Å². The number of halogens is 1. The van der Waals surface area contributed by atoms with E-state index in [0.717, 1.165) is 4.47 Å². The average molecular weight is 321 g/mol. The molecule has 0 fully saturated rings. The van der Waals surface area contributed by atoms with Gasteiger partial charge in [0.2, 0.25) is 10.0 Å². The summed E-state index contributed by atoms with van der Waals surface area (Å²) < 4.78 is 22.5. The Morgan fingerprint density at radius 2 is 1.94 bits per heavy atom. The fourth-order valence-corrected chi connectivity index (χ4v) is 2.27. The molecule has 1 atom stereocenters. The molecule has 0 amide bonds. The third kappa shape index (κ3) is 6.16. The van der Waals surface area contributed by atoms with E-state index < -0.39 is 10.0 Å². The maximum absolute atomic E-state index is 10.7. The van der Waals surface area contributed by atoms with Crippen molar-refractivity contribution in [2.24, 2.45) is 5.14 Å². The summed E-state index contributed by atoms with van der Waals surface area (Å²) in [4.78, 5) is 0. The molecule has 1 unspecified atom stereocenters. The van der Waals surface area contributed by atoms with Gasteiger partial charge >= 0.3 is 0 Å². The van der Waals surface area contributed by atoms with E-state index in [1.54, 1.807) is 0 Å². The molecule has 17 heavy (non-hydrogen) atoms. The normalized spacial score (nSPS) is 13.6. The van der Waals surface area contributed by atoms with Crippen molar-refractivity contribution < 1.29 is 8.42 Å². The van der Waals surface area contributed by atoms with E-state index in [1.807, 2.05) is 31.2 Å². The molecule has 3 N–H and O–H groups in total. The highest BCUT2D eigenvalue weighted by atomic mass is 79.9. The molecule has 0 aliphatic rings. The number of benzene rings is 1. The molecule has 0 aromatic heterocycles. The summed E-state index contributed by atoms with van der Waals surface area (Å²) in [5.41, 5.74) is 1.17. The lowest BCUT2D eigenvalue weighted by atomic mass is 10.1. The van der Waals surface area contributed by atoms with E-state index in [9.17, 15) is 8.42 Å². The maximum atomic E-state index is 10.7. The van der Waals surface area contributed by atoms with E-state index in [-0.39, 0.29) is 11.8 Å². The van der Waals surface area contributed by atoms with Crippen LogP contribution >= 0.6 is 15.9 Å². The summed E-state index contributed by atoms with van der Waals surface area (Å²) in [7, 11) is -3.34. The van der Waals surface area contributed by atoms with Crippen LogP contribution in [0.5, 0.6) is 0 Å². The molecule has 0 spiro atoms. The number of sulfonamides is 1. The summed E-state index contributed by atoms with van der Waals surface area (Å²) in [5, 5.41) is 8.17. The Morgan fingerprint density at radius 1 is 1.35 bits per heavy atom. The van der Waals surface area contributed by atoms with Crippen molar-refractivity contribution in [2.45, 2.75) is 19.4 Å². The highest BCUT2D eigenvalue weighted by Gasteiger charge is 2.05. The Kier molecular flexibility index (Phi) is 5.58. The van der Waals surface area contributed by atoms with Gasteiger partial charge in [-0.1, -0.05) is 28.1 Å². The molecule has 4 nitrogen and oxygen atoms in total. The Labute approximate surface area is 111 Å². The molecular weight excluding hydrogens is 304 g/mol. The molecular formula is C11H17BrN2O2S. The van der Waals surface area contributed by atoms with Crippen molar-refractivity contribution in [3.8, 4) is 0 Å². The van der Waals surface area contributed by atoms with Gasteiger partial charge in [-0.25, -0.2) is 13.6 Å². The number of primary sulfonamides is 1. The van der Waals surface area contributed by atoms with Gasteiger partial charge in [0.15, 0.2) is 0 Å². The zero-order valence-corrected chi connectivity index (χ0v) is 12.1. The minimum Gasteiger partial charge on any atom is -0.310 e. The van der Waals surface area contributed by atoms with Crippen LogP contribution in [0, 0.1) is 0 Å². The highest BCUT2D eigenvalue weighted by Crippen LogP contribution is 2.16. The quantitative estimate of drug-likeness (QED) is 0.785. The largest absolute Gasteiger partial charge is 0.310 e. The van der Waals surface area contributed by atoms with Gasteiger partial charge in [-0.15, -0.1) is 0 Å². The molecule has 0 aliphatic carbocycles. The van der Waals surface area contributed by atoms with Crippen LogP contribution in [0.4, 0.5) is 0 Å². The molecule has 1 aromatic rings. The fraction of sp³-hybridized carbons (Fsp3) is 0.455. The van der Waals surface area contributed by atoms with Crippen molar-refractivity contribution in [3.05, 3.63) is 34.3 Å². The first-order valence-electron chi connectivity index (χ1n) is 5.38. The first kappa shape index (κ1) is 14.6. The summed E-state index contributed by atoms with van der Waals surface area (Å²) in [6.45, 7) is 2.67. The number of nitrogens with one attached hydrogen (secondary N) is 1. The molecule has 0 radical (unpaired) electrons. The minimum atomic E-state index is -3.34. The second-order valence-electron chi connectivity index (χ2n) is 3.95. The van der Waals surface area contributed by atoms with Crippen molar-refractivity contribution in [1.29, 1.82) is 0 Å². The van der Waals surface area contributed by atoms with Crippen LogP contribution in [-0.4, -0.2) is 20.7 Å². The van der Waals surface area contributed by atoms with E-state index in [4.69, 9.17) is 5.14 Å². The lowest BCUT2D eigenvalue weighted by Gasteiger charge is -2.14. The van der Waals surface area contributed by atoms with Crippen LogP contribution in [0.1, 0.15) is 24.9 Å². The Hall–Kier alpha value is -0.430. The number of nitrogens with two attached hydrogens (primary N) is 1. The Morgan fingerprint density at radius 3 is 2.47 bits per heavy atom. The van der Waals surface area contributed by atoms with Gasteiger partial charge in [-0.05, 0) is 37.6 Å². The molecule has 0 saturated carbocycles. The topological polar surface area (TPSA) is 72.2 Å². The number of hydrogen-bond acceptors (Lipinski definition) is 3. The molecule has 0 saturated heterocycles. The minimum absolute atomic E-state index is 0.0209. The van der Waals surface area contributed by atoms with Crippen LogP contribution in [0.25, 0.3) is 0 Å². The second-order valence-corrected chi connectivity index (χ2v) is 6.60. The Balaban J connectivity index is 2.35. The van der Waals surface area contributed by atoms with E-state index in [2.05, 4.69) is 21.2 Å². The zero-order valence-electron chi connectivity index (χ0n) is 9.69. The highest BCUT2D eigenvalue weighted by molar-refractivity contribution is 9.10. The molecule has 0 bridgehead atoms. The van der Waals surface area contributed by atoms with Gasteiger partial charge in [0, 0.05) is 10.5 Å². The third-order valence-electron chi connectivity index (χ3n) is 2.43. The molecule has 1 rings (SSSR count). The average Bonchev–Trinajstić information content (AvgIpc) is 2.24. The summed E-state index contributed by atoms with van der Waals surface area (Å²) in [6, 6.07) is 8.22. The predicted molar refractivity (Wildman–Crippen MR) is 73.2 cm³/mol. The number of rotatable bonds is 6. The standard InChI is InChI=1S/C11H17BrN2O2S/c1-9(10-3-5-11(12)6-4-10)14-7-2-8-17(13,15)16/h3-6,9,14H,2,7-8H2,1H3,(H2,13,15,16). The summed E-state index contributed by atoms with van der Waals surface area (Å²) in [6.07, 6.45) is 0.527. The van der Waals surface area contributed by atoms with Gasteiger partial charge in [-0.2, -0.15) is 0 Å². The van der Waals surface area contributed by atoms with Crippen molar-refractivity contribution in [3.63, 3.8) is 0 Å². The predicted octanol–water partition coefficient (Wildman–Crippen LogP) is 1.78. The van der Waals surface area contributed by atoms with E-state index in [0.29, 0.717) is 13.0 Å². The molecule has 1 aromatic carbocycles. The molecule has 6 heteroatoms. The number of hydrogen-bond donors (Lipinski definition) is 2. The SMILES string of the molecule is CC(NCCCS(N)(=O)=O)c1ccc(Br)cc1. The smallest absolute Gasteiger partial charge is 0.209 e. The van der Waals surface area contributed by atoms with Gasteiger partial charge in [0.1, 0.15) is 0 Å². The lowest BCUT2D eigenvalue weighted by molar-refractivity contribution is 0.560. The van der Waals surface area contributed by atoms with Gasteiger partial charge in [0.25, 0.3) is 0 Å². The summed E-state index contributed by atoms with van der Waals surface area (Å²) in [5.74, 6) is 0.0209. The van der Waals surface area contributed by atoms with E-state index in [1.165, 1.54) is 5.56 Å². The van der Waals surface area contributed by atoms with Crippen molar-refractivity contribution in [2.75, 3.05) is 12.3 Å². The maximum Gasteiger partial charge on any atom is 0.209 e. The Bertz CT molecular complexity index is 445. The third-order valence-corrected chi connectivity index (χ3v) is 3.81. The van der Waals surface area contributed by atoms with Crippen LogP contribution in [0.2, 0.25) is 0 Å². The molecule has 0 heterocycles. The van der Waals surface area contributed by atoms with Crippen LogP contribution < -0.4 is 10.5 Å². The van der Waals surface area contributed by atoms with Gasteiger partial charge < -0.3 is 5.32 Å². The van der Waals surface area contributed by atoms with Crippen molar-refractivity contribution >= 4 is 26.0 Å². The molecule has 96 valence electrons. The zero-order chi connectivity index (χ0) is 12.9. The van der Waals surface area contributed by atoms with Gasteiger partial charge in [-0.3, -0.25) is 0 Å². The second kappa shape index (κ2) is 6.49. The monoisotopic (exact) mass is 320 g/mol. The van der Waals surface area contributed by atoms with Crippen LogP contribution in [0.3, 0.4) is 0 Å². The fourth-order valence-electron chi connectivity index (χ4n) is 1.46. The lowest BCUT2D eigenvalue weighted by Crippen LogP contribution is -2.24. The molecule has 0 aliphatic heterocycles. The van der Waals surface area contributed by atoms with Gasteiger partial charge in [0.05, 0.1) is 5.75 Å². The first-order chi connectivity index (χ1) is 7.88. The van der Waals surface area contributed by atoms with Crippen LogP contribution in [0.15, 0.2) is 28.7 Å². The van der Waals surface area contributed by atoms with Crippen LogP contribution in [-0.2, 0) is 10.0 Å².